The molecule has 5 nitrogen and oxygen atoms in total. The van der Waals surface area contributed by atoms with E-state index in [1.807, 2.05) is 5.32 Å². The predicted octanol–water partition coefficient (Wildman–Crippen LogP) is 1.76. The number of amides is 1. The van der Waals surface area contributed by atoms with Gasteiger partial charge in [-0.25, -0.2) is 13.8 Å². The Morgan fingerprint density at radius 1 is 1.58 bits per heavy atom. The lowest BCUT2D eigenvalue weighted by atomic mass is 10.3. The second-order valence-electron chi connectivity index (χ2n) is 3.71. The Morgan fingerprint density at radius 2 is 2.37 bits per heavy atom. The number of aromatic nitrogens is 1. The Morgan fingerprint density at radius 3 is 3.00 bits per heavy atom. The Balaban J connectivity index is 2.01. The molecule has 102 valence electrons. The van der Waals surface area contributed by atoms with E-state index in [-0.39, 0.29) is 5.69 Å². The van der Waals surface area contributed by atoms with Gasteiger partial charge in [0.15, 0.2) is 10.8 Å². The molecule has 1 amide bonds. The molecule has 0 saturated heterocycles. The third kappa shape index (κ3) is 3.36. The number of nitrogens with one attached hydrogen (secondary N) is 1. The molecule has 0 atom stereocenters. The summed E-state index contributed by atoms with van der Waals surface area (Å²) >= 11 is 1.17. The molecule has 19 heavy (non-hydrogen) atoms. The maximum absolute atomic E-state index is 12.8. The van der Waals surface area contributed by atoms with Crippen molar-refractivity contribution in [1.29, 1.82) is 0 Å². The van der Waals surface area contributed by atoms with Crippen LogP contribution in [0.1, 0.15) is 10.5 Å². The largest absolute Gasteiger partial charge is 0.462 e. The van der Waals surface area contributed by atoms with Crippen LogP contribution in [0.15, 0.2) is 28.2 Å². The molecule has 0 saturated carbocycles. The van der Waals surface area contributed by atoms with E-state index in [0.717, 1.165) is 0 Å². The molecule has 2 rings (SSSR count). The van der Waals surface area contributed by atoms with Crippen LogP contribution in [0.25, 0.3) is 10.8 Å². The molecule has 0 radical (unpaired) electrons. The summed E-state index contributed by atoms with van der Waals surface area (Å²) in [5, 5.41) is 12.3. The highest BCUT2D eigenvalue weighted by molar-refractivity contribution is 7.13. The fourth-order valence-electron chi connectivity index (χ4n) is 1.25. The number of furan rings is 1. The third-order valence-corrected chi connectivity index (χ3v) is 3.06. The molecule has 0 bridgehead atoms. The number of rotatable bonds is 5. The van der Waals surface area contributed by atoms with E-state index < -0.39 is 25.0 Å². The number of hydrogen-bond donors (Lipinski definition) is 2. The average Bonchev–Trinajstić information content (AvgIpc) is 3.05. The Hall–Kier alpha value is -1.80. The molecule has 0 aliphatic rings. The number of aliphatic hydroxyl groups is 1. The minimum Gasteiger partial charge on any atom is -0.462 e. The molecule has 0 spiro atoms. The maximum Gasteiger partial charge on any atom is 0.287 e. The van der Waals surface area contributed by atoms with Crippen molar-refractivity contribution in [2.45, 2.75) is 5.92 Å². The number of aliphatic hydroxyl groups excluding tert-OH is 1. The van der Waals surface area contributed by atoms with Crippen molar-refractivity contribution in [2.24, 2.45) is 0 Å². The number of alkyl halides is 2. The van der Waals surface area contributed by atoms with E-state index in [1.165, 1.54) is 23.0 Å². The first-order chi connectivity index (χ1) is 9.02. The van der Waals surface area contributed by atoms with Crippen molar-refractivity contribution < 1.29 is 23.1 Å². The quantitative estimate of drug-likeness (QED) is 0.879. The van der Waals surface area contributed by atoms with Crippen LogP contribution >= 0.6 is 11.3 Å². The van der Waals surface area contributed by atoms with Crippen LogP contribution in [-0.2, 0) is 0 Å². The first-order valence-electron chi connectivity index (χ1n) is 5.28. The zero-order valence-corrected chi connectivity index (χ0v) is 10.4. The first kappa shape index (κ1) is 13.6. The van der Waals surface area contributed by atoms with E-state index in [4.69, 9.17) is 9.52 Å². The number of halogens is 2. The van der Waals surface area contributed by atoms with E-state index in [9.17, 15) is 13.6 Å². The summed E-state index contributed by atoms with van der Waals surface area (Å²) in [6.45, 7) is -2.25. The minimum absolute atomic E-state index is 0.0325. The highest BCUT2D eigenvalue weighted by Gasteiger charge is 2.28. The van der Waals surface area contributed by atoms with Gasteiger partial charge in [-0.15, -0.1) is 11.3 Å². The Labute approximate surface area is 110 Å². The second-order valence-corrected chi connectivity index (χ2v) is 4.57. The molecule has 2 heterocycles. The normalized spacial score (nSPS) is 11.5. The van der Waals surface area contributed by atoms with Gasteiger partial charge in [-0.1, -0.05) is 0 Å². The van der Waals surface area contributed by atoms with Crippen LogP contribution in [-0.4, -0.2) is 35.1 Å². The minimum atomic E-state index is -3.34. The van der Waals surface area contributed by atoms with Gasteiger partial charge in [0.05, 0.1) is 12.8 Å². The van der Waals surface area contributed by atoms with Crippen LogP contribution in [0, 0.1) is 0 Å². The maximum atomic E-state index is 12.8. The van der Waals surface area contributed by atoms with Gasteiger partial charge >= 0.3 is 0 Å². The summed E-state index contributed by atoms with van der Waals surface area (Å²) < 4.78 is 30.6. The molecular formula is C11H10F2N2O3S. The first-order valence-corrected chi connectivity index (χ1v) is 6.16. The van der Waals surface area contributed by atoms with Gasteiger partial charge in [0.1, 0.15) is 12.3 Å². The molecule has 0 unspecified atom stereocenters. The number of carbonyl (C=O) groups excluding carboxylic acids is 1. The summed E-state index contributed by atoms with van der Waals surface area (Å²) in [7, 11) is 0. The summed E-state index contributed by atoms with van der Waals surface area (Å²) in [5.74, 6) is -3.55. The zero-order chi connectivity index (χ0) is 13.9. The SMILES string of the molecule is O=C(NCC(F)(F)CO)c1csc(-c2ccco2)n1. The summed E-state index contributed by atoms with van der Waals surface area (Å²) in [4.78, 5) is 15.6. The smallest absolute Gasteiger partial charge is 0.287 e. The van der Waals surface area contributed by atoms with Crippen molar-refractivity contribution in [3.05, 3.63) is 29.5 Å². The van der Waals surface area contributed by atoms with Crippen molar-refractivity contribution in [2.75, 3.05) is 13.2 Å². The fraction of sp³-hybridized carbons (Fsp3) is 0.273. The van der Waals surface area contributed by atoms with Crippen molar-refractivity contribution in [3.8, 4) is 10.8 Å². The predicted molar refractivity (Wildman–Crippen MR) is 64.2 cm³/mol. The van der Waals surface area contributed by atoms with Crippen LogP contribution < -0.4 is 5.32 Å². The molecule has 0 fully saturated rings. The summed E-state index contributed by atoms with van der Waals surface area (Å²) in [6.07, 6.45) is 1.47. The number of hydrogen-bond acceptors (Lipinski definition) is 5. The molecular weight excluding hydrogens is 278 g/mol. The Kier molecular flexibility index (Phi) is 3.91. The van der Waals surface area contributed by atoms with E-state index in [1.54, 1.807) is 12.1 Å². The molecule has 0 aromatic carbocycles. The third-order valence-electron chi connectivity index (χ3n) is 2.21. The highest BCUT2D eigenvalue weighted by atomic mass is 32.1. The topological polar surface area (TPSA) is 75.4 Å². The lowest BCUT2D eigenvalue weighted by molar-refractivity contribution is -0.0462. The van der Waals surface area contributed by atoms with Gasteiger partial charge in [0, 0.05) is 5.38 Å². The fourth-order valence-corrected chi connectivity index (χ4v) is 2.01. The summed E-state index contributed by atoms with van der Waals surface area (Å²) in [6, 6.07) is 3.36. The van der Waals surface area contributed by atoms with Gasteiger partial charge in [-0.05, 0) is 12.1 Å². The molecule has 0 aliphatic heterocycles. The number of carbonyl (C=O) groups is 1. The van der Waals surface area contributed by atoms with Crippen molar-refractivity contribution in [3.63, 3.8) is 0 Å². The van der Waals surface area contributed by atoms with Crippen LogP contribution in [0.5, 0.6) is 0 Å². The molecule has 2 aromatic heterocycles. The second kappa shape index (κ2) is 5.45. The van der Waals surface area contributed by atoms with Gasteiger partial charge < -0.3 is 14.8 Å². The van der Waals surface area contributed by atoms with E-state index >= 15 is 0 Å². The highest BCUT2D eigenvalue weighted by Crippen LogP contribution is 2.23. The standard InChI is InChI=1S/C11H10F2N2O3S/c12-11(13,6-16)5-14-9(17)7-4-19-10(15-7)8-2-1-3-18-8/h1-4,16H,5-6H2,(H,14,17). The molecule has 8 heteroatoms. The van der Waals surface area contributed by atoms with Crippen LogP contribution in [0.2, 0.25) is 0 Å². The lowest BCUT2D eigenvalue weighted by Gasteiger charge is -2.12. The molecule has 2 N–H and O–H groups in total. The van der Waals surface area contributed by atoms with E-state index in [0.29, 0.717) is 10.8 Å². The Bertz CT molecular complexity index is 554. The van der Waals surface area contributed by atoms with Crippen LogP contribution in [0.3, 0.4) is 0 Å². The van der Waals surface area contributed by atoms with Gasteiger partial charge in [0.25, 0.3) is 11.8 Å². The monoisotopic (exact) mass is 288 g/mol. The van der Waals surface area contributed by atoms with Gasteiger partial charge in [-0.2, -0.15) is 0 Å². The lowest BCUT2D eigenvalue weighted by Crippen LogP contribution is -2.39. The van der Waals surface area contributed by atoms with Crippen LogP contribution in [0.4, 0.5) is 8.78 Å². The van der Waals surface area contributed by atoms with Gasteiger partial charge in [-0.3, -0.25) is 4.79 Å². The number of thiazole rings is 1. The summed E-state index contributed by atoms with van der Waals surface area (Å²) in [5.41, 5.74) is 0.0325. The van der Waals surface area contributed by atoms with Gasteiger partial charge in [0.2, 0.25) is 0 Å². The van der Waals surface area contributed by atoms with Crippen molar-refractivity contribution >= 4 is 17.2 Å². The number of nitrogens with zero attached hydrogens (tertiary/aromatic N) is 1. The van der Waals surface area contributed by atoms with E-state index in [2.05, 4.69) is 4.98 Å². The molecule has 2 aromatic rings. The molecule has 0 aliphatic carbocycles. The zero-order valence-electron chi connectivity index (χ0n) is 9.60. The average molecular weight is 288 g/mol. The van der Waals surface area contributed by atoms with Crippen molar-refractivity contribution in [1.82, 2.24) is 10.3 Å².